The highest BCUT2D eigenvalue weighted by Crippen LogP contribution is 2.18. The Bertz CT molecular complexity index is 415. The summed E-state index contributed by atoms with van der Waals surface area (Å²) in [6.45, 7) is 0.378. The van der Waals surface area contributed by atoms with E-state index in [0.717, 1.165) is 17.1 Å². The van der Waals surface area contributed by atoms with Crippen molar-refractivity contribution in [3.05, 3.63) is 42.2 Å². The van der Waals surface area contributed by atoms with Crippen molar-refractivity contribution in [2.24, 2.45) is 5.73 Å². The summed E-state index contributed by atoms with van der Waals surface area (Å²) in [5.74, 6) is 0.723. The molecule has 78 valence electrons. The average molecular weight is 203 g/mol. The van der Waals surface area contributed by atoms with Gasteiger partial charge in [-0.05, 0) is 12.1 Å². The van der Waals surface area contributed by atoms with E-state index < -0.39 is 0 Å². The lowest BCUT2D eigenvalue weighted by Crippen LogP contribution is -2.01. The zero-order chi connectivity index (χ0) is 10.7. The topological polar surface area (TPSA) is 53.1 Å². The first kappa shape index (κ1) is 9.73. The van der Waals surface area contributed by atoms with Crippen LogP contribution >= 0.6 is 0 Å². The third-order valence-corrected chi connectivity index (χ3v) is 2.19. The molecule has 4 nitrogen and oxygen atoms in total. The molecular formula is C11H13N3O. The molecule has 0 aliphatic carbocycles. The summed E-state index contributed by atoms with van der Waals surface area (Å²) in [6, 6.07) is 9.85. The van der Waals surface area contributed by atoms with Gasteiger partial charge in [-0.1, -0.05) is 18.2 Å². The fraction of sp³-hybridized carbons (Fsp3) is 0.182. The third-order valence-electron chi connectivity index (χ3n) is 2.19. The van der Waals surface area contributed by atoms with Crippen molar-refractivity contribution in [1.82, 2.24) is 9.78 Å². The summed E-state index contributed by atoms with van der Waals surface area (Å²) >= 11 is 0. The van der Waals surface area contributed by atoms with E-state index in [1.165, 1.54) is 0 Å². The van der Waals surface area contributed by atoms with Crippen LogP contribution in [0, 0.1) is 0 Å². The number of nitrogens with two attached hydrogens (primary N) is 1. The molecule has 0 amide bonds. The number of ether oxygens (including phenoxy) is 1. The first-order valence-corrected chi connectivity index (χ1v) is 4.73. The van der Waals surface area contributed by atoms with Crippen LogP contribution in [-0.2, 0) is 6.54 Å². The fourth-order valence-electron chi connectivity index (χ4n) is 1.42. The Hall–Kier alpha value is -1.81. The minimum atomic E-state index is 0.378. The number of methoxy groups -OCH3 is 1. The number of aromatic nitrogens is 2. The Labute approximate surface area is 88.3 Å². The average Bonchev–Trinajstić information content (AvgIpc) is 2.73. The molecule has 0 radical (unpaired) electrons. The normalized spacial score (nSPS) is 10.3. The minimum absolute atomic E-state index is 0.378. The van der Waals surface area contributed by atoms with Crippen LogP contribution in [0.3, 0.4) is 0 Å². The van der Waals surface area contributed by atoms with Gasteiger partial charge in [0.05, 0.1) is 19.0 Å². The van der Waals surface area contributed by atoms with Crippen molar-refractivity contribution in [2.45, 2.75) is 6.54 Å². The van der Waals surface area contributed by atoms with Crippen LogP contribution in [0.15, 0.2) is 36.5 Å². The lowest BCUT2D eigenvalue weighted by Gasteiger charge is -1.98. The van der Waals surface area contributed by atoms with Gasteiger partial charge in [0.25, 0.3) is 0 Å². The molecule has 0 aliphatic rings. The molecule has 1 aromatic carbocycles. The summed E-state index contributed by atoms with van der Waals surface area (Å²) in [4.78, 5) is 0. The Morgan fingerprint density at radius 1 is 1.33 bits per heavy atom. The molecule has 2 aromatic rings. The second kappa shape index (κ2) is 4.14. The maximum absolute atomic E-state index is 5.56. The lowest BCUT2D eigenvalue weighted by molar-refractivity contribution is 0.410. The maximum atomic E-state index is 5.56. The Morgan fingerprint density at radius 2 is 2.07 bits per heavy atom. The van der Waals surface area contributed by atoms with E-state index in [1.807, 2.05) is 36.5 Å². The summed E-state index contributed by atoms with van der Waals surface area (Å²) in [7, 11) is 1.62. The SMILES string of the molecule is COc1cn(-c2ccccc2)nc1CN. The molecule has 0 spiro atoms. The Morgan fingerprint density at radius 3 is 2.60 bits per heavy atom. The number of hydrogen-bond donors (Lipinski definition) is 1. The highest BCUT2D eigenvalue weighted by molar-refractivity contribution is 5.35. The molecule has 0 unspecified atom stereocenters. The molecule has 1 aromatic heterocycles. The van der Waals surface area contributed by atoms with Gasteiger partial charge in [-0.3, -0.25) is 0 Å². The molecule has 0 aliphatic heterocycles. The molecule has 0 atom stereocenters. The van der Waals surface area contributed by atoms with E-state index in [9.17, 15) is 0 Å². The summed E-state index contributed by atoms with van der Waals surface area (Å²) in [5.41, 5.74) is 7.32. The van der Waals surface area contributed by atoms with Crippen LogP contribution < -0.4 is 10.5 Å². The van der Waals surface area contributed by atoms with Crippen LogP contribution in [0.5, 0.6) is 5.75 Å². The molecular weight excluding hydrogens is 190 g/mol. The number of benzene rings is 1. The van der Waals surface area contributed by atoms with Crippen LogP contribution in [0.4, 0.5) is 0 Å². The zero-order valence-corrected chi connectivity index (χ0v) is 8.55. The van der Waals surface area contributed by atoms with Gasteiger partial charge in [0, 0.05) is 6.54 Å². The predicted octanol–water partition coefficient (Wildman–Crippen LogP) is 1.34. The third kappa shape index (κ3) is 1.85. The van der Waals surface area contributed by atoms with Gasteiger partial charge >= 0.3 is 0 Å². The molecule has 0 saturated heterocycles. The van der Waals surface area contributed by atoms with E-state index >= 15 is 0 Å². The fourth-order valence-corrected chi connectivity index (χ4v) is 1.42. The number of nitrogens with zero attached hydrogens (tertiary/aromatic N) is 2. The smallest absolute Gasteiger partial charge is 0.161 e. The number of rotatable bonds is 3. The van der Waals surface area contributed by atoms with E-state index in [0.29, 0.717) is 6.54 Å². The molecule has 4 heteroatoms. The molecule has 0 bridgehead atoms. The number of hydrogen-bond acceptors (Lipinski definition) is 3. The molecule has 2 rings (SSSR count). The number of para-hydroxylation sites is 1. The standard InChI is InChI=1S/C11H13N3O/c1-15-11-8-14(13-10(11)7-12)9-5-3-2-4-6-9/h2-6,8H,7,12H2,1H3. The summed E-state index contributed by atoms with van der Waals surface area (Å²) < 4.78 is 6.94. The molecule has 0 saturated carbocycles. The van der Waals surface area contributed by atoms with E-state index in [1.54, 1.807) is 11.8 Å². The minimum Gasteiger partial charge on any atom is -0.493 e. The lowest BCUT2D eigenvalue weighted by atomic mass is 10.3. The van der Waals surface area contributed by atoms with Gasteiger partial charge in [0.2, 0.25) is 0 Å². The largest absolute Gasteiger partial charge is 0.493 e. The van der Waals surface area contributed by atoms with Gasteiger partial charge in [-0.25, -0.2) is 4.68 Å². The second-order valence-corrected chi connectivity index (χ2v) is 3.13. The van der Waals surface area contributed by atoms with E-state index in [-0.39, 0.29) is 0 Å². The van der Waals surface area contributed by atoms with Gasteiger partial charge in [0.1, 0.15) is 5.69 Å². The van der Waals surface area contributed by atoms with Crippen molar-refractivity contribution in [2.75, 3.05) is 7.11 Å². The predicted molar refractivity (Wildman–Crippen MR) is 58.0 cm³/mol. The van der Waals surface area contributed by atoms with Crippen molar-refractivity contribution in [1.29, 1.82) is 0 Å². The van der Waals surface area contributed by atoms with Crippen molar-refractivity contribution in [3.63, 3.8) is 0 Å². The zero-order valence-electron chi connectivity index (χ0n) is 8.55. The van der Waals surface area contributed by atoms with E-state index in [4.69, 9.17) is 10.5 Å². The van der Waals surface area contributed by atoms with Crippen LogP contribution in [0.2, 0.25) is 0 Å². The highest BCUT2D eigenvalue weighted by atomic mass is 16.5. The summed E-state index contributed by atoms with van der Waals surface area (Å²) in [5, 5.41) is 4.34. The maximum Gasteiger partial charge on any atom is 0.161 e. The van der Waals surface area contributed by atoms with Crippen molar-refractivity contribution >= 4 is 0 Å². The summed E-state index contributed by atoms with van der Waals surface area (Å²) in [6.07, 6.45) is 1.83. The highest BCUT2D eigenvalue weighted by Gasteiger charge is 2.07. The van der Waals surface area contributed by atoms with Gasteiger partial charge < -0.3 is 10.5 Å². The van der Waals surface area contributed by atoms with Gasteiger partial charge in [-0.2, -0.15) is 5.10 Å². The molecule has 0 fully saturated rings. The molecule has 1 heterocycles. The van der Waals surface area contributed by atoms with Crippen LogP contribution in [-0.4, -0.2) is 16.9 Å². The molecule has 15 heavy (non-hydrogen) atoms. The first-order chi connectivity index (χ1) is 7.35. The van der Waals surface area contributed by atoms with Crippen molar-refractivity contribution < 1.29 is 4.74 Å². The van der Waals surface area contributed by atoms with Crippen LogP contribution in [0.1, 0.15) is 5.69 Å². The molecule has 2 N–H and O–H groups in total. The van der Waals surface area contributed by atoms with Gasteiger partial charge in [0.15, 0.2) is 5.75 Å². The Kier molecular flexibility index (Phi) is 2.69. The first-order valence-electron chi connectivity index (χ1n) is 4.73. The quantitative estimate of drug-likeness (QED) is 0.819. The Balaban J connectivity index is 2.42. The van der Waals surface area contributed by atoms with Crippen LogP contribution in [0.25, 0.3) is 5.69 Å². The van der Waals surface area contributed by atoms with E-state index in [2.05, 4.69) is 5.10 Å². The van der Waals surface area contributed by atoms with Gasteiger partial charge in [-0.15, -0.1) is 0 Å². The van der Waals surface area contributed by atoms with Crippen molar-refractivity contribution in [3.8, 4) is 11.4 Å². The monoisotopic (exact) mass is 203 g/mol. The second-order valence-electron chi connectivity index (χ2n) is 3.13.